The lowest BCUT2D eigenvalue weighted by atomic mass is 9.67. The van der Waals surface area contributed by atoms with Crippen LogP contribution in [0, 0.1) is 41.0 Å². The molecule has 2 aliphatic rings. The summed E-state index contributed by atoms with van der Waals surface area (Å²) in [7, 11) is 0. The van der Waals surface area contributed by atoms with Crippen LogP contribution in [0.3, 0.4) is 0 Å². The number of benzene rings is 1. The van der Waals surface area contributed by atoms with Crippen LogP contribution in [0.15, 0.2) is 0 Å². The van der Waals surface area contributed by atoms with Crippen LogP contribution in [-0.4, -0.2) is 41.7 Å². The smallest absolute Gasteiger partial charge is 0.203 e. The van der Waals surface area contributed by atoms with Crippen LogP contribution in [0.2, 0.25) is 0 Å². The summed E-state index contributed by atoms with van der Waals surface area (Å²) < 4.78 is 292. The molecule has 3 rings (SSSR count). The summed E-state index contributed by atoms with van der Waals surface area (Å²) in [6.07, 6.45) is 0.623. The van der Waals surface area contributed by atoms with Gasteiger partial charge >= 0.3 is 47.6 Å². The molecular formula is C32H33F21. The predicted molar refractivity (Wildman–Crippen MR) is 145 cm³/mol. The summed E-state index contributed by atoms with van der Waals surface area (Å²) in [5.74, 6) is -74.5. The average Bonchev–Trinajstić information content (AvgIpc) is 3.05. The van der Waals surface area contributed by atoms with Crippen molar-refractivity contribution in [1.29, 1.82) is 0 Å². The summed E-state index contributed by atoms with van der Waals surface area (Å²) >= 11 is 0. The van der Waals surface area contributed by atoms with Crippen molar-refractivity contribution in [3.63, 3.8) is 0 Å². The third-order valence-electron chi connectivity index (χ3n) is 10.5. The van der Waals surface area contributed by atoms with Gasteiger partial charge in [0.15, 0.2) is 23.3 Å². The highest BCUT2D eigenvalue weighted by molar-refractivity contribution is 5.37. The molecule has 0 amide bonds. The topological polar surface area (TPSA) is 0 Å². The number of hydrogen-bond acceptors (Lipinski definition) is 0. The van der Waals surface area contributed by atoms with Gasteiger partial charge in [-0.1, -0.05) is 51.9 Å². The normalized spacial score (nSPS) is 23.4. The highest BCUT2D eigenvalue weighted by Gasteiger charge is 2.95. The standard InChI is InChI=1S/C32H33F21/c1-2-3-4-5-6-15-7-9-16(10-8-15)17-11-13-18(14-12-17)19-21(33)23(35)20(24(36)22(19)34)25(37,38)26(39,40)27(41,42)28(43,44)29(45,46)30(47,48)31(49,50)32(51,52)53/h15-18H,2-14H2,1H3. The lowest BCUT2D eigenvalue weighted by molar-refractivity contribution is -0.463. The maximum atomic E-state index is 15.1. The van der Waals surface area contributed by atoms with E-state index in [1.165, 1.54) is 0 Å². The molecule has 0 spiro atoms. The second-order valence-corrected chi connectivity index (χ2v) is 13.8. The molecule has 0 radical (unpaired) electrons. The molecule has 308 valence electrons. The molecule has 0 aliphatic heterocycles. The largest absolute Gasteiger partial charge is 0.460 e. The minimum Gasteiger partial charge on any atom is -0.203 e. The molecule has 2 fully saturated rings. The SMILES string of the molecule is CCCCCCC1CCC(C2CCC(c3c(F)c(F)c(C(F)(F)C(F)(F)C(F)(F)C(F)(F)C(F)(F)C(F)(F)C(F)(F)C(F)(F)F)c(F)c3F)CC2)CC1. The quantitative estimate of drug-likeness (QED) is 0.0997. The molecule has 1 aromatic rings. The predicted octanol–water partition coefficient (Wildman–Crippen LogP) is 13.8. The Hall–Kier alpha value is -2.25. The van der Waals surface area contributed by atoms with E-state index in [0.29, 0.717) is 5.92 Å². The lowest BCUT2D eigenvalue weighted by Crippen LogP contribution is -2.74. The van der Waals surface area contributed by atoms with Crippen molar-refractivity contribution >= 4 is 0 Å². The number of alkyl halides is 17. The van der Waals surface area contributed by atoms with E-state index in [1.54, 1.807) is 0 Å². The molecule has 0 saturated heterocycles. The van der Waals surface area contributed by atoms with Crippen molar-refractivity contribution in [3.05, 3.63) is 34.4 Å². The molecule has 53 heavy (non-hydrogen) atoms. The molecule has 21 heteroatoms. The van der Waals surface area contributed by atoms with Crippen LogP contribution in [0.25, 0.3) is 0 Å². The van der Waals surface area contributed by atoms with Gasteiger partial charge in [-0.15, -0.1) is 0 Å². The first-order valence-electron chi connectivity index (χ1n) is 16.5. The average molecular weight is 817 g/mol. The van der Waals surface area contributed by atoms with Gasteiger partial charge < -0.3 is 0 Å². The van der Waals surface area contributed by atoms with Gasteiger partial charge in [0.2, 0.25) is 0 Å². The Morgan fingerprint density at radius 1 is 0.434 bits per heavy atom. The van der Waals surface area contributed by atoms with Crippen molar-refractivity contribution in [1.82, 2.24) is 0 Å². The Bertz CT molecular complexity index is 1380. The molecule has 1 aromatic carbocycles. The van der Waals surface area contributed by atoms with Crippen LogP contribution >= 0.6 is 0 Å². The third kappa shape index (κ3) is 7.29. The van der Waals surface area contributed by atoms with E-state index in [1.807, 2.05) is 0 Å². The van der Waals surface area contributed by atoms with Crippen LogP contribution in [0.5, 0.6) is 0 Å². The number of halogens is 21. The summed E-state index contributed by atoms with van der Waals surface area (Å²) in [5, 5.41) is 0. The number of rotatable bonds is 14. The second-order valence-electron chi connectivity index (χ2n) is 13.8. The van der Waals surface area contributed by atoms with E-state index in [2.05, 4.69) is 6.92 Å². The monoisotopic (exact) mass is 816 g/mol. The molecule has 2 saturated carbocycles. The second kappa shape index (κ2) is 15.0. The van der Waals surface area contributed by atoms with Crippen molar-refractivity contribution in [3.8, 4) is 0 Å². The number of hydrogen-bond donors (Lipinski definition) is 0. The third-order valence-corrected chi connectivity index (χ3v) is 10.5. The Morgan fingerprint density at radius 2 is 0.811 bits per heavy atom. The molecule has 0 N–H and O–H groups in total. The van der Waals surface area contributed by atoms with Crippen LogP contribution < -0.4 is 0 Å². The lowest BCUT2D eigenvalue weighted by Gasteiger charge is -2.43. The van der Waals surface area contributed by atoms with Gasteiger partial charge in [-0.05, 0) is 62.2 Å². The van der Waals surface area contributed by atoms with E-state index in [0.717, 1.165) is 57.8 Å². The molecule has 0 aromatic heterocycles. The van der Waals surface area contributed by atoms with Crippen molar-refractivity contribution < 1.29 is 92.2 Å². The Kier molecular flexibility index (Phi) is 12.8. The van der Waals surface area contributed by atoms with Crippen LogP contribution in [0.4, 0.5) is 92.2 Å². The van der Waals surface area contributed by atoms with Gasteiger partial charge in [0, 0.05) is 5.56 Å². The molecule has 0 unspecified atom stereocenters. The summed E-state index contributed by atoms with van der Waals surface area (Å²) in [4.78, 5) is 0. The molecule has 0 atom stereocenters. The first-order valence-corrected chi connectivity index (χ1v) is 16.5. The van der Waals surface area contributed by atoms with E-state index in [9.17, 15) is 83.4 Å². The van der Waals surface area contributed by atoms with Gasteiger partial charge in [-0.2, -0.15) is 74.6 Å². The Morgan fingerprint density at radius 3 is 1.21 bits per heavy atom. The summed E-state index contributed by atoms with van der Waals surface area (Å²) in [5.41, 5.74) is -5.80. The molecule has 2 aliphatic carbocycles. The maximum absolute atomic E-state index is 15.1. The zero-order valence-corrected chi connectivity index (χ0v) is 27.4. The molecular weight excluding hydrogens is 783 g/mol. The van der Waals surface area contributed by atoms with E-state index in [-0.39, 0.29) is 37.5 Å². The zero-order valence-electron chi connectivity index (χ0n) is 27.4. The van der Waals surface area contributed by atoms with Crippen molar-refractivity contribution in [2.75, 3.05) is 0 Å². The minimum atomic E-state index is -9.03. The fourth-order valence-corrected chi connectivity index (χ4v) is 7.29. The summed E-state index contributed by atoms with van der Waals surface area (Å²) in [6.45, 7) is 2.07. The van der Waals surface area contributed by atoms with E-state index in [4.69, 9.17) is 0 Å². The Balaban J connectivity index is 1.90. The first kappa shape index (κ1) is 45.1. The van der Waals surface area contributed by atoms with Gasteiger partial charge in [0.1, 0.15) is 5.56 Å². The van der Waals surface area contributed by atoms with Crippen molar-refractivity contribution in [2.24, 2.45) is 17.8 Å². The van der Waals surface area contributed by atoms with Gasteiger partial charge in [-0.3, -0.25) is 0 Å². The first-order chi connectivity index (χ1) is 23.9. The van der Waals surface area contributed by atoms with Crippen molar-refractivity contribution in [2.45, 2.75) is 144 Å². The van der Waals surface area contributed by atoms with Crippen LogP contribution in [-0.2, 0) is 5.92 Å². The summed E-state index contributed by atoms with van der Waals surface area (Å²) in [6, 6.07) is 0. The highest BCUT2D eigenvalue weighted by Crippen LogP contribution is 2.65. The highest BCUT2D eigenvalue weighted by atomic mass is 19.4. The van der Waals surface area contributed by atoms with E-state index >= 15 is 8.78 Å². The fraction of sp³-hybridized carbons (Fsp3) is 0.812. The van der Waals surface area contributed by atoms with Gasteiger partial charge in [0.25, 0.3) is 0 Å². The number of unbranched alkanes of at least 4 members (excludes halogenated alkanes) is 3. The maximum Gasteiger partial charge on any atom is 0.460 e. The fourth-order valence-electron chi connectivity index (χ4n) is 7.29. The van der Waals surface area contributed by atoms with Crippen LogP contribution in [0.1, 0.15) is 107 Å². The molecule has 0 bridgehead atoms. The molecule has 0 heterocycles. The molecule has 0 nitrogen and oxygen atoms in total. The van der Waals surface area contributed by atoms with Gasteiger partial charge in [0.05, 0.1) is 0 Å². The Labute approximate surface area is 288 Å². The van der Waals surface area contributed by atoms with E-state index < -0.39 is 87.9 Å². The minimum absolute atomic E-state index is 0.0547. The zero-order chi connectivity index (χ0) is 41.0. The van der Waals surface area contributed by atoms with Gasteiger partial charge in [-0.25, -0.2) is 17.6 Å².